The Morgan fingerprint density at radius 3 is 2.38 bits per heavy atom. The molecule has 148 valence electrons. The van der Waals surface area contributed by atoms with Gasteiger partial charge in [0.25, 0.3) is 0 Å². The molecule has 4 rings (SSSR count). The summed E-state index contributed by atoms with van der Waals surface area (Å²) < 4.78 is 0. The molecule has 0 unspecified atom stereocenters. The maximum atomic E-state index is 12.5. The van der Waals surface area contributed by atoms with Crippen molar-refractivity contribution in [3.8, 4) is 0 Å². The second-order valence-corrected chi connectivity index (χ2v) is 6.84. The molecule has 8 nitrogen and oxygen atoms in total. The van der Waals surface area contributed by atoms with Crippen molar-refractivity contribution in [3.05, 3.63) is 66.4 Å². The van der Waals surface area contributed by atoms with Gasteiger partial charge in [-0.1, -0.05) is 24.3 Å². The first-order valence-corrected chi connectivity index (χ1v) is 9.57. The molecular formula is C21H23N7O. The van der Waals surface area contributed by atoms with Crippen LogP contribution in [0.5, 0.6) is 0 Å². The van der Waals surface area contributed by atoms with Crippen LogP contribution in [0.25, 0.3) is 0 Å². The predicted molar refractivity (Wildman–Crippen MR) is 114 cm³/mol. The quantitative estimate of drug-likeness (QED) is 0.712. The van der Waals surface area contributed by atoms with Gasteiger partial charge in [0, 0.05) is 38.1 Å². The minimum Gasteiger partial charge on any atom is -0.352 e. The molecule has 0 saturated carbocycles. The van der Waals surface area contributed by atoms with Crippen LogP contribution in [0, 0.1) is 6.92 Å². The maximum Gasteiger partial charge on any atom is 0.321 e. The zero-order valence-electron chi connectivity index (χ0n) is 16.2. The molecule has 0 spiro atoms. The van der Waals surface area contributed by atoms with Crippen molar-refractivity contribution >= 4 is 29.2 Å². The molecule has 8 heteroatoms. The van der Waals surface area contributed by atoms with E-state index < -0.39 is 0 Å². The van der Waals surface area contributed by atoms with Gasteiger partial charge in [0.15, 0.2) is 11.6 Å². The van der Waals surface area contributed by atoms with Crippen molar-refractivity contribution in [2.24, 2.45) is 0 Å². The molecule has 1 saturated heterocycles. The van der Waals surface area contributed by atoms with Gasteiger partial charge in [0.1, 0.15) is 5.82 Å². The lowest BCUT2D eigenvalue weighted by molar-refractivity contribution is 0.208. The number of nitrogens with zero attached hydrogens (tertiary/aromatic N) is 5. The third-order valence-corrected chi connectivity index (χ3v) is 4.85. The van der Waals surface area contributed by atoms with Crippen LogP contribution >= 0.6 is 0 Å². The summed E-state index contributed by atoms with van der Waals surface area (Å²) in [4.78, 5) is 20.7. The first kappa shape index (κ1) is 18.7. The number of rotatable bonds is 4. The van der Waals surface area contributed by atoms with Crippen molar-refractivity contribution < 1.29 is 4.79 Å². The number of pyridine rings is 1. The van der Waals surface area contributed by atoms with E-state index in [-0.39, 0.29) is 6.03 Å². The molecule has 29 heavy (non-hydrogen) atoms. The van der Waals surface area contributed by atoms with E-state index in [9.17, 15) is 4.79 Å². The number of aromatic nitrogens is 3. The minimum absolute atomic E-state index is 0.0695. The summed E-state index contributed by atoms with van der Waals surface area (Å²) in [5.41, 5.74) is 1.90. The molecule has 2 N–H and O–H groups in total. The van der Waals surface area contributed by atoms with Gasteiger partial charge in [-0.05, 0) is 42.8 Å². The van der Waals surface area contributed by atoms with Gasteiger partial charge in [-0.3, -0.25) is 0 Å². The van der Waals surface area contributed by atoms with Crippen molar-refractivity contribution in [2.75, 3.05) is 41.7 Å². The molecule has 0 bridgehead atoms. The van der Waals surface area contributed by atoms with Crippen LogP contribution in [0.1, 0.15) is 5.56 Å². The normalized spacial score (nSPS) is 13.8. The molecule has 3 aromatic rings. The molecule has 3 heterocycles. The molecular weight excluding hydrogens is 366 g/mol. The summed E-state index contributed by atoms with van der Waals surface area (Å²) in [6, 6.07) is 17.2. The van der Waals surface area contributed by atoms with Crippen LogP contribution in [0.4, 0.5) is 27.9 Å². The Kier molecular flexibility index (Phi) is 5.51. The number of amides is 2. The topological polar surface area (TPSA) is 86.3 Å². The van der Waals surface area contributed by atoms with E-state index in [0.717, 1.165) is 22.9 Å². The Hall–Kier alpha value is -3.68. The Labute approximate surface area is 169 Å². The van der Waals surface area contributed by atoms with Crippen molar-refractivity contribution in [1.82, 2.24) is 20.1 Å². The average Bonchev–Trinajstić information content (AvgIpc) is 2.77. The fourth-order valence-electron chi connectivity index (χ4n) is 3.17. The molecule has 0 aliphatic carbocycles. The minimum atomic E-state index is -0.0695. The Bertz CT molecular complexity index is 954. The van der Waals surface area contributed by atoms with Crippen LogP contribution in [0.2, 0.25) is 0 Å². The highest BCUT2D eigenvalue weighted by atomic mass is 16.2. The van der Waals surface area contributed by atoms with Crippen molar-refractivity contribution in [2.45, 2.75) is 6.92 Å². The van der Waals surface area contributed by atoms with Gasteiger partial charge < -0.3 is 20.4 Å². The number of benzene rings is 1. The summed E-state index contributed by atoms with van der Waals surface area (Å²) in [6.07, 6.45) is 1.72. The Balaban J connectivity index is 1.31. The van der Waals surface area contributed by atoms with Gasteiger partial charge in [0.2, 0.25) is 0 Å². The largest absolute Gasteiger partial charge is 0.352 e. The molecule has 1 aromatic carbocycles. The van der Waals surface area contributed by atoms with E-state index in [4.69, 9.17) is 0 Å². The smallest absolute Gasteiger partial charge is 0.321 e. The number of aryl methyl sites for hydroxylation is 1. The molecule has 2 amide bonds. The SMILES string of the molecule is Cc1ccccc1NC(=O)N1CCN(c2ccc(Nc3ccccn3)nn2)CC1. The fraction of sp³-hybridized carbons (Fsp3) is 0.238. The third kappa shape index (κ3) is 4.60. The number of para-hydroxylation sites is 1. The highest BCUT2D eigenvalue weighted by Gasteiger charge is 2.22. The number of carbonyl (C=O) groups is 1. The maximum absolute atomic E-state index is 12.5. The van der Waals surface area contributed by atoms with E-state index in [2.05, 4.69) is 30.7 Å². The first-order chi connectivity index (χ1) is 14.2. The lowest BCUT2D eigenvalue weighted by atomic mass is 10.2. The zero-order valence-corrected chi connectivity index (χ0v) is 16.2. The number of anilines is 4. The molecule has 0 atom stereocenters. The molecule has 1 fully saturated rings. The van der Waals surface area contributed by atoms with Crippen molar-refractivity contribution in [3.63, 3.8) is 0 Å². The first-order valence-electron chi connectivity index (χ1n) is 9.57. The average molecular weight is 389 g/mol. The monoisotopic (exact) mass is 389 g/mol. The van der Waals surface area contributed by atoms with Crippen molar-refractivity contribution in [1.29, 1.82) is 0 Å². The van der Waals surface area contributed by atoms with Gasteiger partial charge in [-0.15, -0.1) is 10.2 Å². The summed E-state index contributed by atoms with van der Waals surface area (Å²) in [5.74, 6) is 2.17. The van der Waals surface area contributed by atoms with Crippen LogP contribution in [0.15, 0.2) is 60.8 Å². The lowest BCUT2D eigenvalue weighted by Gasteiger charge is -2.35. The van der Waals surface area contributed by atoms with E-state index >= 15 is 0 Å². The zero-order chi connectivity index (χ0) is 20.1. The van der Waals surface area contributed by atoms with E-state index in [1.165, 1.54) is 0 Å². The Morgan fingerprint density at radius 2 is 1.69 bits per heavy atom. The molecule has 0 radical (unpaired) electrons. The molecule has 2 aromatic heterocycles. The molecule has 1 aliphatic rings. The second kappa shape index (κ2) is 8.55. The highest BCUT2D eigenvalue weighted by molar-refractivity contribution is 5.90. The van der Waals surface area contributed by atoms with Gasteiger partial charge >= 0.3 is 6.03 Å². The van der Waals surface area contributed by atoms with E-state index in [1.54, 1.807) is 6.20 Å². The number of urea groups is 1. The number of hydrogen-bond donors (Lipinski definition) is 2. The summed E-state index contributed by atoms with van der Waals surface area (Å²) >= 11 is 0. The van der Waals surface area contributed by atoms with Crippen LogP contribution in [-0.4, -0.2) is 52.3 Å². The standard InChI is InChI=1S/C21H23N7O/c1-16-6-2-3-7-17(16)23-21(29)28-14-12-27(13-15-28)20-10-9-19(25-26-20)24-18-8-4-5-11-22-18/h2-11H,12-15H2,1H3,(H,23,29)(H,22,24,25). The number of hydrogen-bond acceptors (Lipinski definition) is 6. The number of nitrogens with one attached hydrogen (secondary N) is 2. The second-order valence-electron chi connectivity index (χ2n) is 6.84. The lowest BCUT2D eigenvalue weighted by Crippen LogP contribution is -2.50. The summed E-state index contributed by atoms with van der Waals surface area (Å²) in [7, 11) is 0. The van der Waals surface area contributed by atoms with Gasteiger partial charge in [-0.2, -0.15) is 0 Å². The number of piperazine rings is 1. The van der Waals surface area contributed by atoms with Crippen LogP contribution < -0.4 is 15.5 Å². The van der Waals surface area contributed by atoms with Crippen LogP contribution in [0.3, 0.4) is 0 Å². The summed E-state index contributed by atoms with van der Waals surface area (Å²) in [6.45, 7) is 4.67. The fourth-order valence-corrected chi connectivity index (χ4v) is 3.17. The van der Waals surface area contributed by atoms with Crippen LogP contribution in [-0.2, 0) is 0 Å². The van der Waals surface area contributed by atoms with Gasteiger partial charge in [0.05, 0.1) is 0 Å². The van der Waals surface area contributed by atoms with E-state index in [1.807, 2.05) is 66.4 Å². The summed E-state index contributed by atoms with van der Waals surface area (Å²) in [5, 5.41) is 14.7. The Morgan fingerprint density at radius 1 is 0.897 bits per heavy atom. The van der Waals surface area contributed by atoms with E-state index in [0.29, 0.717) is 32.0 Å². The number of carbonyl (C=O) groups excluding carboxylic acids is 1. The highest BCUT2D eigenvalue weighted by Crippen LogP contribution is 2.18. The molecule has 1 aliphatic heterocycles. The predicted octanol–water partition coefficient (Wildman–Crippen LogP) is 3.28. The third-order valence-electron chi connectivity index (χ3n) is 4.85. The van der Waals surface area contributed by atoms with Gasteiger partial charge in [-0.25, -0.2) is 9.78 Å².